The fourth-order valence-corrected chi connectivity index (χ4v) is 2.12. The lowest BCUT2D eigenvalue weighted by molar-refractivity contribution is 0.102. The molecule has 0 aliphatic rings. The van der Waals surface area contributed by atoms with Crippen molar-refractivity contribution in [2.75, 3.05) is 11.1 Å². The minimum absolute atomic E-state index is 0.252. The Bertz CT molecular complexity index is 647. The van der Waals surface area contributed by atoms with Gasteiger partial charge in [-0.25, -0.2) is 0 Å². The molecule has 0 saturated carbocycles. The minimum atomic E-state index is -0.252. The summed E-state index contributed by atoms with van der Waals surface area (Å²) in [6, 6.07) is 9.86. The second-order valence-corrected chi connectivity index (χ2v) is 5.49. The van der Waals surface area contributed by atoms with Gasteiger partial charge in [-0.05, 0) is 52.3 Å². The summed E-state index contributed by atoms with van der Waals surface area (Å²) >= 11 is 15.0. The maximum Gasteiger partial charge on any atom is 0.255 e. The summed E-state index contributed by atoms with van der Waals surface area (Å²) in [5.74, 6) is -0.252. The summed E-state index contributed by atoms with van der Waals surface area (Å²) in [6.07, 6.45) is 0. The van der Waals surface area contributed by atoms with Gasteiger partial charge in [-0.3, -0.25) is 4.79 Å². The molecule has 2 rings (SSSR count). The molecule has 1 amide bonds. The SMILES string of the molecule is Nc1ccc(NC(=O)c2ccc(Cl)c(Br)c2)cc1Cl. The van der Waals surface area contributed by atoms with Gasteiger partial charge in [0, 0.05) is 15.7 Å². The molecular formula is C13H9BrCl2N2O. The van der Waals surface area contributed by atoms with Crippen molar-refractivity contribution in [1.29, 1.82) is 0 Å². The van der Waals surface area contributed by atoms with Gasteiger partial charge in [0.25, 0.3) is 5.91 Å². The number of halogens is 3. The third-order valence-corrected chi connectivity index (χ3v) is 3.98. The Labute approximate surface area is 128 Å². The molecule has 0 fully saturated rings. The van der Waals surface area contributed by atoms with Crippen LogP contribution in [0.1, 0.15) is 10.4 Å². The number of carbonyl (C=O) groups is 1. The predicted molar refractivity (Wildman–Crippen MR) is 83.0 cm³/mol. The molecule has 0 aliphatic heterocycles. The zero-order valence-electron chi connectivity index (χ0n) is 9.58. The van der Waals surface area contributed by atoms with Crippen LogP contribution in [-0.2, 0) is 0 Å². The number of anilines is 2. The summed E-state index contributed by atoms with van der Waals surface area (Å²) in [5.41, 5.74) is 7.14. The maximum absolute atomic E-state index is 12.0. The molecule has 3 nitrogen and oxygen atoms in total. The molecule has 3 N–H and O–H groups in total. The van der Waals surface area contributed by atoms with Crippen LogP contribution >= 0.6 is 39.1 Å². The molecule has 0 atom stereocenters. The second-order valence-electron chi connectivity index (χ2n) is 3.82. The van der Waals surface area contributed by atoms with E-state index >= 15 is 0 Å². The van der Waals surface area contributed by atoms with Crippen molar-refractivity contribution in [3.8, 4) is 0 Å². The van der Waals surface area contributed by atoms with Crippen molar-refractivity contribution >= 4 is 56.4 Å². The van der Waals surface area contributed by atoms with Crippen LogP contribution in [0.5, 0.6) is 0 Å². The molecule has 19 heavy (non-hydrogen) atoms. The van der Waals surface area contributed by atoms with E-state index in [2.05, 4.69) is 21.2 Å². The van der Waals surface area contributed by atoms with Gasteiger partial charge in [-0.1, -0.05) is 23.2 Å². The Morgan fingerprint density at radius 3 is 2.47 bits per heavy atom. The first kappa shape index (κ1) is 14.2. The molecular weight excluding hydrogens is 351 g/mol. The fourth-order valence-electron chi connectivity index (χ4n) is 1.45. The van der Waals surface area contributed by atoms with Gasteiger partial charge in [0.05, 0.1) is 15.7 Å². The highest BCUT2D eigenvalue weighted by Gasteiger charge is 2.09. The van der Waals surface area contributed by atoms with Crippen molar-refractivity contribution < 1.29 is 4.79 Å². The van der Waals surface area contributed by atoms with E-state index in [1.807, 2.05) is 0 Å². The van der Waals surface area contributed by atoms with E-state index in [1.54, 1.807) is 36.4 Å². The predicted octanol–water partition coefficient (Wildman–Crippen LogP) is 4.59. The molecule has 6 heteroatoms. The average molecular weight is 360 g/mol. The summed E-state index contributed by atoms with van der Waals surface area (Å²) < 4.78 is 0.664. The summed E-state index contributed by atoms with van der Waals surface area (Å²) in [4.78, 5) is 12.0. The van der Waals surface area contributed by atoms with Crippen molar-refractivity contribution in [2.45, 2.75) is 0 Å². The molecule has 0 aliphatic carbocycles. The smallest absolute Gasteiger partial charge is 0.255 e. The van der Waals surface area contributed by atoms with E-state index in [-0.39, 0.29) is 5.91 Å². The Kier molecular flexibility index (Phi) is 4.34. The highest BCUT2D eigenvalue weighted by molar-refractivity contribution is 9.10. The Morgan fingerprint density at radius 2 is 1.84 bits per heavy atom. The highest BCUT2D eigenvalue weighted by Crippen LogP contribution is 2.25. The largest absolute Gasteiger partial charge is 0.398 e. The van der Waals surface area contributed by atoms with E-state index in [9.17, 15) is 4.79 Å². The van der Waals surface area contributed by atoms with Gasteiger partial charge in [0.15, 0.2) is 0 Å². The quantitative estimate of drug-likeness (QED) is 0.770. The Hall–Kier alpha value is -1.23. The van der Waals surface area contributed by atoms with Crippen LogP contribution in [0.4, 0.5) is 11.4 Å². The van der Waals surface area contributed by atoms with Crippen molar-refractivity contribution in [2.24, 2.45) is 0 Å². The molecule has 0 bridgehead atoms. The maximum atomic E-state index is 12.0. The zero-order chi connectivity index (χ0) is 14.0. The summed E-state index contributed by atoms with van der Waals surface area (Å²) in [5, 5.41) is 3.68. The van der Waals surface area contributed by atoms with Gasteiger partial charge >= 0.3 is 0 Å². The van der Waals surface area contributed by atoms with Crippen LogP contribution in [0.2, 0.25) is 10.0 Å². The number of nitrogens with two attached hydrogens (primary N) is 1. The topological polar surface area (TPSA) is 55.1 Å². The van der Waals surface area contributed by atoms with Crippen molar-refractivity contribution in [3.63, 3.8) is 0 Å². The first-order chi connectivity index (χ1) is 8.97. The summed E-state index contributed by atoms with van der Waals surface area (Å²) in [7, 11) is 0. The highest BCUT2D eigenvalue weighted by atomic mass is 79.9. The average Bonchev–Trinajstić information content (AvgIpc) is 2.37. The molecule has 98 valence electrons. The minimum Gasteiger partial charge on any atom is -0.398 e. The van der Waals surface area contributed by atoms with Gasteiger partial charge < -0.3 is 11.1 Å². The number of benzene rings is 2. The molecule has 2 aromatic carbocycles. The van der Waals surface area contributed by atoms with Gasteiger partial charge in [0.2, 0.25) is 0 Å². The van der Waals surface area contributed by atoms with Crippen LogP contribution < -0.4 is 11.1 Å². The molecule has 0 radical (unpaired) electrons. The number of nitrogen functional groups attached to an aromatic ring is 1. The van der Waals surface area contributed by atoms with Crippen molar-refractivity contribution in [1.82, 2.24) is 0 Å². The van der Waals surface area contributed by atoms with Crippen LogP contribution in [-0.4, -0.2) is 5.91 Å². The number of hydrogen-bond donors (Lipinski definition) is 2. The molecule has 0 unspecified atom stereocenters. The molecule has 0 spiro atoms. The van der Waals surface area contributed by atoms with Gasteiger partial charge in [0.1, 0.15) is 0 Å². The second kappa shape index (κ2) is 5.82. The Morgan fingerprint density at radius 1 is 1.11 bits per heavy atom. The van der Waals surface area contributed by atoms with Crippen LogP contribution in [0, 0.1) is 0 Å². The monoisotopic (exact) mass is 358 g/mol. The van der Waals surface area contributed by atoms with E-state index in [4.69, 9.17) is 28.9 Å². The third kappa shape index (κ3) is 3.41. The summed E-state index contributed by atoms with van der Waals surface area (Å²) in [6.45, 7) is 0. The van der Waals surface area contributed by atoms with Crippen molar-refractivity contribution in [3.05, 3.63) is 56.5 Å². The first-order valence-corrected chi connectivity index (χ1v) is 6.83. The standard InChI is InChI=1S/C13H9BrCl2N2O/c14-9-5-7(1-3-10(9)15)13(19)18-8-2-4-12(17)11(16)6-8/h1-6H,17H2,(H,18,19). The van der Waals surface area contributed by atoms with Crippen LogP contribution in [0.25, 0.3) is 0 Å². The lowest BCUT2D eigenvalue weighted by atomic mass is 10.2. The van der Waals surface area contributed by atoms with Gasteiger partial charge in [-0.2, -0.15) is 0 Å². The normalized spacial score (nSPS) is 10.3. The van der Waals surface area contributed by atoms with Gasteiger partial charge in [-0.15, -0.1) is 0 Å². The molecule has 0 aromatic heterocycles. The molecule has 2 aromatic rings. The number of amides is 1. The van der Waals surface area contributed by atoms with Crippen LogP contribution in [0.15, 0.2) is 40.9 Å². The van der Waals surface area contributed by atoms with E-state index in [0.29, 0.717) is 31.5 Å². The van der Waals surface area contributed by atoms with E-state index in [1.165, 1.54) is 0 Å². The fraction of sp³-hybridized carbons (Fsp3) is 0. The third-order valence-electron chi connectivity index (χ3n) is 2.44. The number of nitrogens with one attached hydrogen (secondary N) is 1. The number of carbonyl (C=O) groups excluding carboxylic acids is 1. The van der Waals surface area contributed by atoms with Crippen LogP contribution in [0.3, 0.4) is 0 Å². The number of hydrogen-bond acceptors (Lipinski definition) is 2. The Balaban J connectivity index is 2.20. The molecule has 0 saturated heterocycles. The zero-order valence-corrected chi connectivity index (χ0v) is 12.7. The molecule has 0 heterocycles. The first-order valence-electron chi connectivity index (χ1n) is 5.29. The van der Waals surface area contributed by atoms with E-state index < -0.39 is 0 Å². The lowest BCUT2D eigenvalue weighted by Gasteiger charge is -2.07. The van der Waals surface area contributed by atoms with E-state index in [0.717, 1.165) is 0 Å². The lowest BCUT2D eigenvalue weighted by Crippen LogP contribution is -2.11. The number of rotatable bonds is 2.